The highest BCUT2D eigenvalue weighted by Crippen LogP contribution is 2.43. The maximum Gasteiger partial charge on any atom is 0.119 e. The third-order valence-electron chi connectivity index (χ3n) is 4.23. The summed E-state index contributed by atoms with van der Waals surface area (Å²) in [6.45, 7) is 2.29. The molecule has 3 rings (SSSR count). The number of hydrogen-bond donors (Lipinski definition) is 0. The van der Waals surface area contributed by atoms with Crippen molar-refractivity contribution in [1.82, 2.24) is 0 Å². The molecule has 1 aliphatic rings. The predicted molar refractivity (Wildman–Crippen MR) is 89.2 cm³/mol. The van der Waals surface area contributed by atoms with Crippen molar-refractivity contribution in [3.63, 3.8) is 0 Å². The van der Waals surface area contributed by atoms with E-state index in [0.717, 1.165) is 11.7 Å². The largest absolute Gasteiger partial charge is 0.497 e. The minimum absolute atomic E-state index is 0.740. The molecule has 1 unspecified atom stereocenters. The van der Waals surface area contributed by atoms with Crippen LogP contribution in [0.15, 0.2) is 24.3 Å². The number of fused-ring (bicyclic) bond motifs is 3. The molecule has 0 radical (unpaired) electrons. The maximum atomic E-state index is 5.41. The van der Waals surface area contributed by atoms with Gasteiger partial charge in [0.2, 0.25) is 0 Å². The topological polar surface area (TPSA) is 9.23 Å². The molecule has 1 nitrogen and oxygen atoms in total. The summed E-state index contributed by atoms with van der Waals surface area (Å²) in [5, 5.41) is 2.76. The van der Waals surface area contributed by atoms with Crippen LogP contribution in [-0.4, -0.2) is 7.11 Å². The molecule has 2 aromatic carbocycles. The Bertz CT molecular complexity index is 618. The van der Waals surface area contributed by atoms with E-state index in [2.05, 4.69) is 53.8 Å². The van der Waals surface area contributed by atoms with Crippen LogP contribution in [0.2, 0.25) is 0 Å². The van der Waals surface area contributed by atoms with Gasteiger partial charge in [0, 0.05) is 3.57 Å². The van der Waals surface area contributed by atoms with Gasteiger partial charge in [-0.2, -0.15) is 0 Å². The van der Waals surface area contributed by atoms with Crippen molar-refractivity contribution < 1.29 is 4.74 Å². The van der Waals surface area contributed by atoms with Gasteiger partial charge in [-0.15, -0.1) is 0 Å². The van der Waals surface area contributed by atoms with Crippen molar-refractivity contribution in [3.05, 3.63) is 39.0 Å². The van der Waals surface area contributed by atoms with E-state index in [4.69, 9.17) is 4.74 Å². The molecule has 0 amide bonds. The van der Waals surface area contributed by atoms with Crippen LogP contribution in [0.25, 0.3) is 10.8 Å². The van der Waals surface area contributed by atoms with Crippen molar-refractivity contribution in [2.45, 2.75) is 38.5 Å². The number of methoxy groups -OCH3 is 1. The molecule has 0 fully saturated rings. The first-order valence-corrected chi connectivity index (χ1v) is 8.11. The first kappa shape index (κ1) is 13.2. The smallest absolute Gasteiger partial charge is 0.119 e. The lowest BCUT2D eigenvalue weighted by atomic mass is 9.91. The minimum atomic E-state index is 0.740. The Morgan fingerprint density at radius 3 is 2.89 bits per heavy atom. The minimum Gasteiger partial charge on any atom is -0.497 e. The molecule has 2 aromatic rings. The molecule has 0 aliphatic heterocycles. The molecule has 0 saturated heterocycles. The second-order valence-electron chi connectivity index (χ2n) is 5.36. The Morgan fingerprint density at radius 1 is 1.32 bits per heavy atom. The van der Waals surface area contributed by atoms with Crippen molar-refractivity contribution in [3.8, 4) is 5.75 Å². The van der Waals surface area contributed by atoms with Crippen molar-refractivity contribution in [2.75, 3.05) is 7.11 Å². The van der Waals surface area contributed by atoms with Gasteiger partial charge < -0.3 is 4.74 Å². The fourth-order valence-corrected chi connectivity index (χ4v) is 4.25. The van der Waals surface area contributed by atoms with Crippen LogP contribution in [0.3, 0.4) is 0 Å². The molecular weight excluding hydrogens is 347 g/mol. The van der Waals surface area contributed by atoms with E-state index >= 15 is 0 Å². The standard InChI is InChI=1S/C17H19IO/c1-3-4-11-6-8-14-16(18)9-12-5-7-13(19-2)10-15(12)17(11)14/h5,7,9-11H,3-4,6,8H2,1-2H3. The third-order valence-corrected chi connectivity index (χ3v) is 5.20. The molecule has 19 heavy (non-hydrogen) atoms. The summed E-state index contributed by atoms with van der Waals surface area (Å²) in [6.07, 6.45) is 5.13. The zero-order valence-electron chi connectivity index (χ0n) is 11.5. The average molecular weight is 366 g/mol. The summed E-state index contributed by atoms with van der Waals surface area (Å²) in [5.74, 6) is 1.71. The highest BCUT2D eigenvalue weighted by molar-refractivity contribution is 14.1. The van der Waals surface area contributed by atoms with E-state index in [0.29, 0.717) is 0 Å². The molecule has 0 saturated carbocycles. The van der Waals surface area contributed by atoms with E-state index < -0.39 is 0 Å². The molecule has 0 aromatic heterocycles. The normalized spacial score (nSPS) is 17.7. The fraction of sp³-hybridized carbons (Fsp3) is 0.412. The molecule has 1 aliphatic carbocycles. The Labute approximate surface area is 128 Å². The molecule has 1 atom stereocenters. The van der Waals surface area contributed by atoms with Gasteiger partial charge in [-0.05, 0) is 87.9 Å². The zero-order chi connectivity index (χ0) is 13.4. The van der Waals surface area contributed by atoms with Crippen molar-refractivity contribution in [2.24, 2.45) is 0 Å². The van der Waals surface area contributed by atoms with Gasteiger partial charge in [0.05, 0.1) is 7.11 Å². The first-order valence-electron chi connectivity index (χ1n) is 7.03. The van der Waals surface area contributed by atoms with Crippen LogP contribution >= 0.6 is 22.6 Å². The van der Waals surface area contributed by atoms with Gasteiger partial charge in [-0.3, -0.25) is 0 Å². The summed E-state index contributed by atoms with van der Waals surface area (Å²) >= 11 is 2.50. The first-order chi connectivity index (χ1) is 9.24. The van der Waals surface area contributed by atoms with Crippen LogP contribution in [0.1, 0.15) is 43.2 Å². The second kappa shape index (κ2) is 5.31. The Kier molecular flexibility index (Phi) is 3.70. The molecule has 0 heterocycles. The van der Waals surface area contributed by atoms with Crippen LogP contribution in [0, 0.1) is 3.57 Å². The number of benzene rings is 2. The average Bonchev–Trinajstić information content (AvgIpc) is 2.84. The summed E-state index contributed by atoms with van der Waals surface area (Å²) in [6, 6.07) is 8.80. The molecule has 2 heteroatoms. The molecule has 0 spiro atoms. The van der Waals surface area contributed by atoms with Crippen LogP contribution < -0.4 is 4.74 Å². The second-order valence-corrected chi connectivity index (χ2v) is 6.52. The summed E-state index contributed by atoms with van der Waals surface area (Å²) in [7, 11) is 1.75. The van der Waals surface area contributed by atoms with Gasteiger partial charge in [-0.1, -0.05) is 19.4 Å². The number of halogens is 1. The van der Waals surface area contributed by atoms with E-state index in [9.17, 15) is 0 Å². The van der Waals surface area contributed by atoms with Gasteiger partial charge in [0.1, 0.15) is 5.75 Å². The van der Waals surface area contributed by atoms with Gasteiger partial charge in [0.15, 0.2) is 0 Å². The van der Waals surface area contributed by atoms with E-state index in [-0.39, 0.29) is 0 Å². The molecular formula is C17H19IO. The quantitative estimate of drug-likeness (QED) is 0.672. The summed E-state index contributed by atoms with van der Waals surface area (Å²) in [5.41, 5.74) is 3.18. The lowest BCUT2D eigenvalue weighted by Crippen LogP contribution is -1.96. The van der Waals surface area contributed by atoms with Crippen molar-refractivity contribution >= 4 is 33.4 Å². The number of ether oxygens (including phenoxy) is 1. The summed E-state index contributed by atoms with van der Waals surface area (Å²) < 4.78 is 6.84. The van der Waals surface area contributed by atoms with Gasteiger partial charge in [0.25, 0.3) is 0 Å². The molecule has 0 bridgehead atoms. The lowest BCUT2D eigenvalue weighted by molar-refractivity contribution is 0.415. The predicted octanol–water partition coefficient (Wildman–Crippen LogP) is 5.28. The molecule has 0 N–H and O–H groups in total. The highest BCUT2D eigenvalue weighted by atomic mass is 127. The Hall–Kier alpha value is -0.770. The number of hydrogen-bond acceptors (Lipinski definition) is 1. The van der Waals surface area contributed by atoms with Crippen LogP contribution in [-0.2, 0) is 6.42 Å². The van der Waals surface area contributed by atoms with E-state index in [1.54, 1.807) is 18.2 Å². The van der Waals surface area contributed by atoms with Gasteiger partial charge in [-0.25, -0.2) is 0 Å². The Morgan fingerprint density at radius 2 is 2.16 bits per heavy atom. The van der Waals surface area contributed by atoms with Gasteiger partial charge >= 0.3 is 0 Å². The SMILES string of the molecule is CCCC1CCc2c(I)cc3ccc(OC)cc3c21. The van der Waals surface area contributed by atoms with Crippen molar-refractivity contribution in [1.29, 1.82) is 0 Å². The third kappa shape index (κ3) is 2.24. The van der Waals surface area contributed by atoms with E-state index in [1.165, 1.54) is 40.0 Å². The maximum absolute atomic E-state index is 5.41. The number of rotatable bonds is 3. The molecule has 100 valence electrons. The highest BCUT2D eigenvalue weighted by Gasteiger charge is 2.26. The van der Waals surface area contributed by atoms with Crippen LogP contribution in [0.4, 0.5) is 0 Å². The van der Waals surface area contributed by atoms with E-state index in [1.807, 2.05) is 0 Å². The van der Waals surface area contributed by atoms with Crippen LogP contribution in [0.5, 0.6) is 5.75 Å². The zero-order valence-corrected chi connectivity index (χ0v) is 13.7. The monoisotopic (exact) mass is 366 g/mol. The Balaban J connectivity index is 2.25. The summed E-state index contributed by atoms with van der Waals surface area (Å²) in [4.78, 5) is 0. The fourth-order valence-electron chi connectivity index (χ4n) is 3.36. The lowest BCUT2D eigenvalue weighted by Gasteiger charge is -2.15.